The quantitative estimate of drug-likeness (QED) is 0.719. The Kier molecular flexibility index (Phi) is 5.58. The summed E-state index contributed by atoms with van der Waals surface area (Å²) in [4.78, 5) is 2.41. The van der Waals surface area contributed by atoms with Crippen molar-refractivity contribution in [3.05, 3.63) is 0 Å². The second-order valence-electron chi connectivity index (χ2n) is 5.16. The highest BCUT2D eigenvalue weighted by Gasteiger charge is 2.17. The van der Waals surface area contributed by atoms with Crippen LogP contribution in [0.15, 0.2) is 0 Å². The van der Waals surface area contributed by atoms with Gasteiger partial charge in [0.15, 0.2) is 0 Å². The van der Waals surface area contributed by atoms with Crippen LogP contribution >= 0.6 is 0 Å². The molecule has 2 N–H and O–H groups in total. The van der Waals surface area contributed by atoms with Gasteiger partial charge < -0.3 is 15.3 Å². The lowest BCUT2D eigenvalue weighted by Gasteiger charge is -2.30. The Labute approximate surface area is 93.9 Å². The van der Waals surface area contributed by atoms with Crippen LogP contribution in [0.25, 0.3) is 0 Å². The minimum absolute atomic E-state index is 0.193. The van der Waals surface area contributed by atoms with Crippen molar-refractivity contribution in [2.75, 3.05) is 26.7 Å². The van der Waals surface area contributed by atoms with E-state index in [0.29, 0.717) is 6.04 Å². The number of nitrogens with zero attached hydrogens (tertiary/aromatic N) is 1. The van der Waals surface area contributed by atoms with Gasteiger partial charge >= 0.3 is 0 Å². The van der Waals surface area contributed by atoms with Crippen LogP contribution in [0.4, 0.5) is 0 Å². The number of piperidine rings is 1. The molecule has 1 fully saturated rings. The topological polar surface area (TPSA) is 35.5 Å². The van der Waals surface area contributed by atoms with Crippen LogP contribution in [0.2, 0.25) is 0 Å². The van der Waals surface area contributed by atoms with E-state index in [4.69, 9.17) is 0 Å². The van der Waals surface area contributed by atoms with Gasteiger partial charge in [-0.25, -0.2) is 0 Å². The third-order valence-electron chi connectivity index (χ3n) is 3.17. The molecule has 0 saturated carbocycles. The van der Waals surface area contributed by atoms with Gasteiger partial charge in [0, 0.05) is 12.6 Å². The van der Waals surface area contributed by atoms with Crippen molar-refractivity contribution in [3.63, 3.8) is 0 Å². The molecule has 15 heavy (non-hydrogen) atoms. The molecular formula is C12H26N2O. The molecule has 0 spiro atoms. The molecule has 1 rings (SSSR count). The maximum absolute atomic E-state index is 9.25. The Morgan fingerprint density at radius 1 is 1.47 bits per heavy atom. The zero-order chi connectivity index (χ0) is 11.3. The molecule has 1 saturated heterocycles. The average Bonchev–Trinajstić information content (AvgIpc) is 2.14. The van der Waals surface area contributed by atoms with Crippen molar-refractivity contribution in [2.24, 2.45) is 5.92 Å². The first-order valence-electron chi connectivity index (χ1n) is 6.18. The van der Waals surface area contributed by atoms with Gasteiger partial charge in [0.2, 0.25) is 0 Å². The molecule has 0 aliphatic carbocycles. The van der Waals surface area contributed by atoms with Crippen molar-refractivity contribution in [1.82, 2.24) is 10.2 Å². The average molecular weight is 214 g/mol. The van der Waals surface area contributed by atoms with E-state index in [-0.39, 0.29) is 6.10 Å². The zero-order valence-electron chi connectivity index (χ0n) is 10.4. The van der Waals surface area contributed by atoms with Crippen LogP contribution < -0.4 is 5.32 Å². The van der Waals surface area contributed by atoms with E-state index in [1.807, 2.05) is 6.92 Å². The highest BCUT2D eigenvalue weighted by molar-refractivity contribution is 4.74. The van der Waals surface area contributed by atoms with Gasteiger partial charge in [-0.15, -0.1) is 0 Å². The summed E-state index contributed by atoms with van der Waals surface area (Å²) < 4.78 is 0. The Morgan fingerprint density at radius 2 is 2.20 bits per heavy atom. The summed E-state index contributed by atoms with van der Waals surface area (Å²) in [6.45, 7) is 7.57. The monoisotopic (exact) mass is 214 g/mol. The molecular weight excluding hydrogens is 188 g/mol. The molecule has 1 heterocycles. The summed E-state index contributed by atoms with van der Waals surface area (Å²) in [7, 11) is 2.20. The van der Waals surface area contributed by atoms with Crippen molar-refractivity contribution >= 4 is 0 Å². The second kappa shape index (κ2) is 6.46. The molecule has 1 aliphatic rings. The largest absolute Gasteiger partial charge is 0.393 e. The number of nitrogens with one attached hydrogen (secondary N) is 1. The van der Waals surface area contributed by atoms with Crippen LogP contribution in [-0.4, -0.2) is 48.8 Å². The molecule has 0 aromatic rings. The lowest BCUT2D eigenvalue weighted by Crippen LogP contribution is -2.40. The van der Waals surface area contributed by atoms with E-state index in [9.17, 15) is 5.11 Å². The fourth-order valence-corrected chi connectivity index (χ4v) is 2.40. The van der Waals surface area contributed by atoms with Gasteiger partial charge in [-0.05, 0) is 59.2 Å². The molecule has 0 bridgehead atoms. The number of rotatable bonds is 5. The number of hydrogen-bond donors (Lipinski definition) is 2. The SMILES string of the molecule is CC(O)CC(C)NCC1CCCN(C)C1. The third kappa shape index (κ3) is 5.50. The standard InChI is InChI=1S/C12H26N2O/c1-10(7-11(2)15)13-8-12-5-4-6-14(3)9-12/h10-13,15H,4-9H2,1-3H3. The van der Waals surface area contributed by atoms with Crippen molar-refractivity contribution in [3.8, 4) is 0 Å². The fraction of sp³-hybridized carbons (Fsp3) is 1.00. The van der Waals surface area contributed by atoms with Crippen LogP contribution in [0.3, 0.4) is 0 Å². The highest BCUT2D eigenvalue weighted by Crippen LogP contribution is 2.14. The number of hydrogen-bond acceptors (Lipinski definition) is 3. The first kappa shape index (κ1) is 12.9. The van der Waals surface area contributed by atoms with Crippen LogP contribution in [0.5, 0.6) is 0 Å². The van der Waals surface area contributed by atoms with Gasteiger partial charge in [0.05, 0.1) is 6.10 Å². The Morgan fingerprint density at radius 3 is 2.80 bits per heavy atom. The predicted molar refractivity (Wildman–Crippen MR) is 64.0 cm³/mol. The molecule has 0 amide bonds. The fourth-order valence-electron chi connectivity index (χ4n) is 2.40. The molecule has 3 unspecified atom stereocenters. The molecule has 0 aromatic carbocycles. The van der Waals surface area contributed by atoms with Crippen LogP contribution in [0, 0.1) is 5.92 Å². The van der Waals surface area contributed by atoms with Gasteiger partial charge in [-0.2, -0.15) is 0 Å². The van der Waals surface area contributed by atoms with Crippen LogP contribution in [0.1, 0.15) is 33.1 Å². The summed E-state index contributed by atoms with van der Waals surface area (Å²) in [6.07, 6.45) is 3.33. The van der Waals surface area contributed by atoms with Crippen LogP contribution in [-0.2, 0) is 0 Å². The van der Waals surface area contributed by atoms with Gasteiger partial charge in [0.25, 0.3) is 0 Å². The molecule has 0 radical (unpaired) electrons. The molecule has 3 heteroatoms. The van der Waals surface area contributed by atoms with E-state index in [1.54, 1.807) is 0 Å². The summed E-state index contributed by atoms with van der Waals surface area (Å²) in [6, 6.07) is 0.428. The highest BCUT2D eigenvalue weighted by atomic mass is 16.3. The molecule has 3 atom stereocenters. The third-order valence-corrected chi connectivity index (χ3v) is 3.17. The van der Waals surface area contributed by atoms with Gasteiger partial charge in [-0.1, -0.05) is 0 Å². The van der Waals surface area contributed by atoms with Crippen molar-refractivity contribution < 1.29 is 5.11 Å². The number of aliphatic hydroxyl groups excluding tert-OH is 1. The van der Waals surface area contributed by atoms with Gasteiger partial charge in [0.1, 0.15) is 0 Å². The smallest absolute Gasteiger partial charge is 0.0526 e. The second-order valence-corrected chi connectivity index (χ2v) is 5.16. The summed E-state index contributed by atoms with van der Waals surface area (Å²) in [5.41, 5.74) is 0. The number of aliphatic hydroxyl groups is 1. The Hall–Kier alpha value is -0.120. The summed E-state index contributed by atoms with van der Waals surface area (Å²) >= 11 is 0. The van der Waals surface area contributed by atoms with Gasteiger partial charge in [-0.3, -0.25) is 0 Å². The first-order valence-corrected chi connectivity index (χ1v) is 6.18. The molecule has 90 valence electrons. The molecule has 3 nitrogen and oxygen atoms in total. The van der Waals surface area contributed by atoms with Crippen molar-refractivity contribution in [2.45, 2.75) is 45.3 Å². The maximum atomic E-state index is 9.25. The van der Waals surface area contributed by atoms with E-state index >= 15 is 0 Å². The lowest BCUT2D eigenvalue weighted by molar-refractivity contribution is 0.163. The first-order chi connectivity index (χ1) is 7.08. The van der Waals surface area contributed by atoms with E-state index in [1.165, 1.54) is 25.9 Å². The predicted octanol–water partition coefficient (Wildman–Crippen LogP) is 1.08. The maximum Gasteiger partial charge on any atom is 0.0526 e. The minimum Gasteiger partial charge on any atom is -0.393 e. The zero-order valence-corrected chi connectivity index (χ0v) is 10.4. The lowest BCUT2D eigenvalue weighted by atomic mass is 9.98. The van der Waals surface area contributed by atoms with E-state index < -0.39 is 0 Å². The number of likely N-dealkylation sites (tertiary alicyclic amines) is 1. The van der Waals surface area contributed by atoms with E-state index in [2.05, 4.69) is 24.2 Å². The Balaban J connectivity index is 2.13. The molecule has 1 aliphatic heterocycles. The molecule has 0 aromatic heterocycles. The summed E-state index contributed by atoms with van der Waals surface area (Å²) in [5.74, 6) is 0.792. The Bertz CT molecular complexity index is 173. The van der Waals surface area contributed by atoms with E-state index in [0.717, 1.165) is 18.9 Å². The normalized spacial score (nSPS) is 27.6. The van der Waals surface area contributed by atoms with Crippen molar-refractivity contribution in [1.29, 1.82) is 0 Å². The minimum atomic E-state index is -0.193. The summed E-state index contributed by atoms with van der Waals surface area (Å²) in [5, 5.41) is 12.8.